The summed E-state index contributed by atoms with van der Waals surface area (Å²) in [6.07, 6.45) is 0.592. The maximum Gasteiger partial charge on any atom is 0.337 e. The number of benzene rings is 3. The van der Waals surface area contributed by atoms with E-state index in [4.69, 9.17) is 37.1 Å². The Morgan fingerprint density at radius 3 is 1.72 bits per heavy atom. The number of ketones is 4. The molecular weight excluding hydrogens is 797 g/mol. The van der Waals surface area contributed by atoms with Gasteiger partial charge in [0.2, 0.25) is 5.79 Å². The molecule has 3 aromatic carbocycles. The Bertz CT molecular complexity index is 2400. The van der Waals surface area contributed by atoms with Crippen LogP contribution in [0.1, 0.15) is 73.4 Å². The van der Waals surface area contributed by atoms with Crippen LogP contribution in [0.15, 0.2) is 81.7 Å². The fourth-order valence-electron chi connectivity index (χ4n) is 4.89. The third kappa shape index (κ3) is 13.0. The van der Waals surface area contributed by atoms with Crippen LogP contribution in [0.2, 0.25) is 10.0 Å². The number of aryl methyl sites for hydroxylation is 1. The minimum atomic E-state index is -1.17. The molecule has 1 aliphatic heterocycles. The molecule has 0 bridgehead atoms. The van der Waals surface area contributed by atoms with Gasteiger partial charge in [0.05, 0.1) is 55.5 Å². The molecule has 4 aromatic rings. The van der Waals surface area contributed by atoms with Crippen LogP contribution < -0.4 is 5.43 Å². The summed E-state index contributed by atoms with van der Waals surface area (Å²) in [5.41, 5.74) is -0.594. The van der Waals surface area contributed by atoms with Crippen LogP contribution in [0.3, 0.4) is 0 Å². The first-order chi connectivity index (χ1) is 26.6. The predicted octanol–water partition coefficient (Wildman–Crippen LogP) is 7.65. The highest BCUT2D eigenvalue weighted by Gasteiger charge is 2.31. The number of non-ortho nitro benzene ring substituents is 3. The summed E-state index contributed by atoms with van der Waals surface area (Å²) < 4.78 is 15.7. The minimum Gasteiger partial charge on any atom is -0.461 e. The number of carbonyl (C=O) groups excluding carboxylic acids is 5. The molecule has 1 aromatic heterocycles. The molecule has 57 heavy (non-hydrogen) atoms. The van der Waals surface area contributed by atoms with E-state index in [1.54, 1.807) is 0 Å². The number of ether oxygens (including phenoxy) is 2. The largest absolute Gasteiger partial charge is 0.461 e. The molecule has 2 heterocycles. The summed E-state index contributed by atoms with van der Waals surface area (Å²) in [6, 6.07) is 12.4. The van der Waals surface area contributed by atoms with Gasteiger partial charge in [0.25, 0.3) is 17.1 Å². The average Bonchev–Trinajstić information content (AvgIpc) is 3.10. The van der Waals surface area contributed by atoms with Crippen LogP contribution in [0.5, 0.6) is 0 Å². The van der Waals surface area contributed by atoms with E-state index >= 15 is 0 Å². The van der Waals surface area contributed by atoms with E-state index in [-0.39, 0.29) is 73.4 Å². The summed E-state index contributed by atoms with van der Waals surface area (Å²) in [6.45, 7) is 6.17. The zero-order chi connectivity index (χ0) is 42.8. The van der Waals surface area contributed by atoms with Gasteiger partial charge < -0.3 is 13.9 Å². The normalized spacial score (nSPS) is 12.6. The number of esters is 1. The predicted molar refractivity (Wildman–Crippen MR) is 202 cm³/mol. The van der Waals surface area contributed by atoms with Crippen molar-refractivity contribution in [2.45, 2.75) is 59.2 Å². The van der Waals surface area contributed by atoms with Gasteiger partial charge in [-0.2, -0.15) is 0 Å². The van der Waals surface area contributed by atoms with E-state index in [0.717, 1.165) is 24.3 Å². The van der Waals surface area contributed by atoms with Gasteiger partial charge in [-0.15, -0.1) is 0 Å². The molecule has 0 aliphatic carbocycles. The number of carbonyl (C=O) groups is 5. The summed E-state index contributed by atoms with van der Waals surface area (Å²) in [4.78, 5) is 99.3. The molecule has 0 N–H and O–H groups in total. The Hall–Kier alpha value is -6.66. The Morgan fingerprint density at radius 2 is 1.23 bits per heavy atom. The van der Waals surface area contributed by atoms with E-state index in [2.05, 4.69) is 0 Å². The number of cyclic esters (lactones) is 1. The molecule has 0 saturated carbocycles. The van der Waals surface area contributed by atoms with Crippen LogP contribution in [0, 0.1) is 30.3 Å². The average molecular weight is 829 g/mol. The van der Waals surface area contributed by atoms with Gasteiger partial charge in [0.1, 0.15) is 28.7 Å². The van der Waals surface area contributed by atoms with E-state index in [1.807, 2.05) is 6.92 Å². The van der Waals surface area contributed by atoms with Crippen molar-refractivity contribution in [3.05, 3.63) is 140 Å². The van der Waals surface area contributed by atoms with Crippen molar-refractivity contribution in [1.29, 1.82) is 0 Å². The van der Waals surface area contributed by atoms with Crippen LogP contribution in [0.25, 0.3) is 11.0 Å². The molecule has 5 rings (SSSR count). The Morgan fingerprint density at radius 1 is 0.719 bits per heavy atom. The highest BCUT2D eigenvalue weighted by Crippen LogP contribution is 2.29. The summed E-state index contributed by atoms with van der Waals surface area (Å²) >= 11 is 11.7. The molecule has 0 amide bonds. The first-order valence-corrected chi connectivity index (χ1v) is 17.2. The lowest BCUT2D eigenvalue weighted by molar-refractivity contribution is -0.385. The summed E-state index contributed by atoms with van der Waals surface area (Å²) in [5.74, 6) is -3.12. The second-order valence-corrected chi connectivity index (χ2v) is 13.2. The monoisotopic (exact) mass is 827 g/mol. The summed E-state index contributed by atoms with van der Waals surface area (Å²) in [5, 5.41) is 32.3. The van der Waals surface area contributed by atoms with Crippen LogP contribution in [0.4, 0.5) is 17.1 Å². The van der Waals surface area contributed by atoms with Gasteiger partial charge in [0, 0.05) is 73.9 Å². The summed E-state index contributed by atoms with van der Waals surface area (Å²) in [7, 11) is 0. The second-order valence-electron chi connectivity index (χ2n) is 12.4. The quantitative estimate of drug-likeness (QED) is 0.0436. The smallest absolute Gasteiger partial charge is 0.337 e. The molecule has 0 spiro atoms. The van der Waals surface area contributed by atoms with Gasteiger partial charge >= 0.3 is 5.97 Å². The number of halogens is 2. The van der Waals surface area contributed by atoms with Crippen molar-refractivity contribution >= 4 is 80.3 Å². The number of nitro groups is 3. The topological polar surface area (TPSA) is 263 Å². The maximum atomic E-state index is 12.2. The van der Waals surface area contributed by atoms with Crippen molar-refractivity contribution in [2.75, 3.05) is 0 Å². The number of rotatable bonds is 12. The Balaban J connectivity index is 0.000000232. The van der Waals surface area contributed by atoms with Crippen molar-refractivity contribution < 1.29 is 52.6 Å². The number of hydrogen-bond donors (Lipinski definition) is 0. The molecule has 18 nitrogen and oxygen atoms in total. The van der Waals surface area contributed by atoms with Gasteiger partial charge in [-0.25, -0.2) is 4.79 Å². The molecule has 0 unspecified atom stereocenters. The lowest BCUT2D eigenvalue weighted by Crippen LogP contribution is -2.34. The van der Waals surface area contributed by atoms with Crippen LogP contribution in [-0.4, -0.2) is 49.7 Å². The third-order valence-electron chi connectivity index (χ3n) is 7.38. The van der Waals surface area contributed by atoms with E-state index in [1.165, 1.54) is 63.2 Å². The van der Waals surface area contributed by atoms with E-state index in [9.17, 15) is 59.1 Å². The SMILES string of the molecule is CC(=O)CC(=O)CC(=O)c1cc([N+](=O)[O-])ccc1Cl.CC1(C)OC(=O)C=C(CC(=O)c2cc([N+](=O)[O-])ccc2Cl)O1.CCc1cc(=O)c2cc([N+](=O)[O-])ccc2o1. The molecule has 20 heteroatoms. The van der Waals surface area contributed by atoms with Crippen molar-refractivity contribution in [3.63, 3.8) is 0 Å². The molecule has 0 fully saturated rings. The number of hydrogen-bond acceptors (Lipinski definition) is 15. The number of allylic oxidation sites excluding steroid dienone is 1. The zero-order valence-corrected chi connectivity index (χ0v) is 31.9. The number of nitrogens with zero attached hydrogens (tertiary/aromatic N) is 3. The first kappa shape index (κ1) is 44.7. The van der Waals surface area contributed by atoms with Gasteiger partial charge in [0.15, 0.2) is 17.0 Å². The molecule has 0 saturated heterocycles. The lowest BCUT2D eigenvalue weighted by atomic mass is 10.0. The number of nitro benzene ring substituents is 3. The van der Waals surface area contributed by atoms with Crippen molar-refractivity contribution in [1.82, 2.24) is 0 Å². The fraction of sp³-hybridized carbons (Fsp3) is 0.243. The fourth-order valence-corrected chi connectivity index (χ4v) is 5.33. The van der Waals surface area contributed by atoms with E-state index < -0.39 is 50.3 Å². The van der Waals surface area contributed by atoms with Gasteiger partial charge in [-0.05, 0) is 25.1 Å². The van der Waals surface area contributed by atoms with Crippen molar-refractivity contribution in [3.8, 4) is 0 Å². The Labute approximate surface area is 331 Å². The number of Topliss-reactive ketones (excluding diaryl/α,β-unsaturated/α-hetero) is 4. The van der Waals surface area contributed by atoms with Crippen LogP contribution in [-0.2, 0) is 30.3 Å². The van der Waals surface area contributed by atoms with Gasteiger partial charge in [-0.1, -0.05) is 30.1 Å². The Kier molecular flexibility index (Phi) is 15.1. The van der Waals surface area contributed by atoms with Crippen LogP contribution >= 0.6 is 23.2 Å². The second kappa shape index (κ2) is 19.3. The molecule has 0 radical (unpaired) electrons. The highest BCUT2D eigenvalue weighted by atomic mass is 35.5. The maximum absolute atomic E-state index is 12.2. The third-order valence-corrected chi connectivity index (χ3v) is 8.04. The van der Waals surface area contributed by atoms with Gasteiger partial charge in [-0.3, -0.25) is 54.3 Å². The first-order valence-electron chi connectivity index (χ1n) is 16.4. The zero-order valence-electron chi connectivity index (χ0n) is 30.4. The number of fused-ring (bicyclic) bond motifs is 1. The highest BCUT2D eigenvalue weighted by molar-refractivity contribution is 6.35. The minimum absolute atomic E-state index is 0.00267. The molecule has 0 atom stereocenters. The lowest BCUT2D eigenvalue weighted by Gasteiger charge is -2.30. The standard InChI is InChI=1S/C14H12ClNO6.C12H10ClNO5.C11H9NO4/c1-14(2)21-9(7-13(18)22-14)6-12(17)10-5-8(16(19)20)3-4-11(10)15;1-7(15)4-9(16)6-12(17)10-5-8(14(18)19)2-3-11(10)13;1-2-8-6-10(13)9-5-7(12(14)15)3-4-11(9)16-8/h3-5,7H,6H2,1-2H3;2-3,5H,4,6H2,1H3;3-6H,2H2,1H3. The molecular formula is C37H31Cl2N3O15. The molecule has 298 valence electrons. The van der Waals surface area contributed by atoms with Crippen molar-refractivity contribution in [2.24, 2.45) is 0 Å². The molecule has 1 aliphatic rings. The van der Waals surface area contributed by atoms with E-state index in [0.29, 0.717) is 17.8 Å².